The average molecular weight is 479 g/mol. The topological polar surface area (TPSA) is 90.7 Å². The zero-order valence-corrected chi connectivity index (χ0v) is 18.9. The van der Waals surface area contributed by atoms with Crippen LogP contribution in [0.3, 0.4) is 0 Å². The highest BCUT2D eigenvalue weighted by Gasteiger charge is 2.44. The largest absolute Gasteiger partial charge is 0.471 e. The molecule has 3 atom stereocenters. The van der Waals surface area contributed by atoms with Gasteiger partial charge in [-0.3, -0.25) is 4.79 Å². The van der Waals surface area contributed by atoms with Crippen LogP contribution in [0.1, 0.15) is 38.7 Å². The molecule has 0 heterocycles. The molecule has 10 heteroatoms. The molecule has 6 nitrogen and oxygen atoms in total. The Morgan fingerprint density at radius 1 is 1.19 bits per heavy atom. The zero-order valence-electron chi connectivity index (χ0n) is 18.1. The molecule has 1 amide bonds. The molecule has 0 aromatic heterocycles. The molecule has 0 saturated carbocycles. The first-order valence-electron chi connectivity index (χ1n) is 10.4. The minimum Gasteiger partial charge on any atom is -0.462 e. The second-order valence-corrected chi connectivity index (χ2v) is 7.47. The molecule has 1 aliphatic rings. The number of hydrogen-bond donors (Lipinski definition) is 2. The van der Waals surface area contributed by atoms with Crippen molar-refractivity contribution >= 4 is 24.3 Å². The van der Waals surface area contributed by atoms with Crippen LogP contribution < -0.4 is 11.1 Å². The number of halogens is 4. The van der Waals surface area contributed by atoms with Gasteiger partial charge in [-0.05, 0) is 30.9 Å². The van der Waals surface area contributed by atoms with Gasteiger partial charge in [0.2, 0.25) is 0 Å². The number of hydrogen-bond acceptors (Lipinski definition) is 5. The van der Waals surface area contributed by atoms with E-state index in [1.807, 2.05) is 49.5 Å². The minimum atomic E-state index is -5.04. The predicted octanol–water partition coefficient (Wildman–Crippen LogP) is 3.47. The van der Waals surface area contributed by atoms with Gasteiger partial charge in [-0.2, -0.15) is 13.2 Å². The number of carbonyl (C=O) groups is 2. The number of amides is 1. The quantitative estimate of drug-likeness (QED) is 0.530. The first-order chi connectivity index (χ1) is 14.7. The smallest absolute Gasteiger partial charge is 0.462 e. The minimum absolute atomic E-state index is 0. The van der Waals surface area contributed by atoms with Crippen LogP contribution in [0.15, 0.2) is 42.0 Å². The van der Waals surface area contributed by atoms with Crippen molar-refractivity contribution in [3.8, 4) is 0 Å². The third kappa shape index (κ3) is 8.11. The summed E-state index contributed by atoms with van der Waals surface area (Å²) in [5, 5.41) is 1.93. The summed E-state index contributed by atoms with van der Waals surface area (Å²) in [6.07, 6.45) is -3.11. The average Bonchev–Trinajstić information content (AvgIpc) is 2.73. The van der Waals surface area contributed by atoms with Gasteiger partial charge in [0.25, 0.3) is 0 Å². The molecule has 1 aromatic rings. The molecule has 0 unspecified atom stereocenters. The Morgan fingerprint density at radius 2 is 1.81 bits per heavy atom. The SMILES string of the molecule is CCC(CC)O[C@@H]1C=C(C(=O)OCCc2ccccc2)C[C@H](N)[C@H]1NC(=O)C(F)(F)F.Cl. The van der Waals surface area contributed by atoms with Gasteiger partial charge in [-0.15, -0.1) is 12.4 Å². The first kappa shape index (κ1) is 27.9. The highest BCUT2D eigenvalue weighted by atomic mass is 35.5. The summed E-state index contributed by atoms with van der Waals surface area (Å²) < 4.78 is 49.5. The fourth-order valence-electron chi connectivity index (χ4n) is 3.39. The molecule has 2 rings (SSSR count). The summed E-state index contributed by atoms with van der Waals surface area (Å²) in [6, 6.07) is 7.43. The number of nitrogens with one attached hydrogen (secondary N) is 1. The lowest BCUT2D eigenvalue weighted by molar-refractivity contribution is -0.175. The van der Waals surface area contributed by atoms with Crippen molar-refractivity contribution in [1.82, 2.24) is 5.32 Å². The Bertz CT molecular complexity index is 770. The van der Waals surface area contributed by atoms with Crippen LogP contribution in [-0.2, 0) is 25.5 Å². The van der Waals surface area contributed by atoms with Gasteiger partial charge in [0.1, 0.15) is 0 Å². The number of esters is 1. The van der Waals surface area contributed by atoms with E-state index in [0.717, 1.165) is 5.56 Å². The number of carbonyl (C=O) groups excluding carboxylic acids is 2. The van der Waals surface area contributed by atoms with Gasteiger partial charge in [-0.1, -0.05) is 44.2 Å². The number of rotatable bonds is 9. The lowest BCUT2D eigenvalue weighted by Gasteiger charge is -2.36. The van der Waals surface area contributed by atoms with E-state index in [4.69, 9.17) is 15.2 Å². The molecule has 0 fully saturated rings. The zero-order chi connectivity index (χ0) is 23.0. The Kier molecular flexibility index (Phi) is 11.2. The fourth-order valence-corrected chi connectivity index (χ4v) is 3.39. The standard InChI is InChI=1S/C22H29F3N2O4.ClH/c1-3-16(4-2)31-18-13-15(12-17(26)19(18)27-21(29)22(23,24)25)20(28)30-11-10-14-8-6-5-7-9-14;/h5-9,13,16-19H,3-4,10-12,26H2,1-2H3,(H,27,29);1H/t17-,18+,19+;/m0./s1. The van der Waals surface area contributed by atoms with E-state index in [1.54, 1.807) is 0 Å². The predicted molar refractivity (Wildman–Crippen MR) is 116 cm³/mol. The van der Waals surface area contributed by atoms with Crippen LogP contribution in [0.25, 0.3) is 0 Å². The van der Waals surface area contributed by atoms with Gasteiger partial charge < -0.3 is 20.5 Å². The van der Waals surface area contributed by atoms with E-state index in [1.165, 1.54) is 6.08 Å². The van der Waals surface area contributed by atoms with Crippen LogP contribution in [0, 0.1) is 0 Å². The lowest BCUT2D eigenvalue weighted by Crippen LogP contribution is -2.59. The van der Waals surface area contributed by atoms with Crippen LogP contribution in [0.2, 0.25) is 0 Å². The highest BCUT2D eigenvalue weighted by molar-refractivity contribution is 5.89. The monoisotopic (exact) mass is 478 g/mol. The summed E-state index contributed by atoms with van der Waals surface area (Å²) in [6.45, 7) is 3.91. The third-order valence-corrected chi connectivity index (χ3v) is 5.18. The van der Waals surface area contributed by atoms with Crippen LogP contribution >= 0.6 is 12.4 Å². The molecule has 0 bridgehead atoms. The number of nitrogens with two attached hydrogens (primary N) is 1. The molecule has 0 spiro atoms. The molecule has 1 aliphatic carbocycles. The maximum Gasteiger partial charge on any atom is 0.471 e. The Hall–Kier alpha value is -2.10. The molecule has 0 radical (unpaired) electrons. The first-order valence-corrected chi connectivity index (χ1v) is 10.4. The van der Waals surface area contributed by atoms with E-state index in [-0.39, 0.29) is 37.1 Å². The molecule has 0 aliphatic heterocycles. The maximum absolute atomic E-state index is 12.8. The number of benzene rings is 1. The van der Waals surface area contributed by atoms with E-state index in [9.17, 15) is 22.8 Å². The summed E-state index contributed by atoms with van der Waals surface area (Å²) in [5.41, 5.74) is 7.30. The second-order valence-electron chi connectivity index (χ2n) is 7.47. The molecule has 180 valence electrons. The van der Waals surface area contributed by atoms with E-state index in [0.29, 0.717) is 19.3 Å². The van der Waals surface area contributed by atoms with Gasteiger partial charge >= 0.3 is 18.1 Å². The molecule has 1 aromatic carbocycles. The van der Waals surface area contributed by atoms with Crippen LogP contribution in [0.4, 0.5) is 13.2 Å². The fraction of sp³-hybridized carbons (Fsp3) is 0.545. The second kappa shape index (κ2) is 12.8. The van der Waals surface area contributed by atoms with Crippen molar-refractivity contribution in [3.63, 3.8) is 0 Å². The molecular weight excluding hydrogens is 449 g/mol. The van der Waals surface area contributed by atoms with Crippen molar-refractivity contribution in [1.29, 1.82) is 0 Å². The molecule has 32 heavy (non-hydrogen) atoms. The number of ether oxygens (including phenoxy) is 2. The van der Waals surface area contributed by atoms with Crippen molar-refractivity contribution in [3.05, 3.63) is 47.5 Å². The van der Waals surface area contributed by atoms with Gasteiger partial charge in [-0.25, -0.2) is 4.79 Å². The maximum atomic E-state index is 12.8. The molecule has 3 N–H and O–H groups in total. The highest BCUT2D eigenvalue weighted by Crippen LogP contribution is 2.25. The summed E-state index contributed by atoms with van der Waals surface area (Å²) in [5.74, 6) is -2.68. The van der Waals surface area contributed by atoms with Crippen molar-refractivity contribution in [2.45, 2.75) is 70.0 Å². The van der Waals surface area contributed by atoms with Crippen molar-refractivity contribution in [2.75, 3.05) is 6.61 Å². The summed E-state index contributed by atoms with van der Waals surface area (Å²) >= 11 is 0. The van der Waals surface area contributed by atoms with Gasteiger partial charge in [0.15, 0.2) is 0 Å². The van der Waals surface area contributed by atoms with Crippen molar-refractivity contribution < 1.29 is 32.2 Å². The van der Waals surface area contributed by atoms with Crippen molar-refractivity contribution in [2.24, 2.45) is 5.73 Å². The van der Waals surface area contributed by atoms with E-state index >= 15 is 0 Å². The third-order valence-electron chi connectivity index (χ3n) is 5.18. The molecular formula is C22H30ClF3N2O4. The Labute approximate surface area is 192 Å². The Balaban J connectivity index is 0.00000512. The summed E-state index contributed by atoms with van der Waals surface area (Å²) in [7, 11) is 0. The van der Waals surface area contributed by atoms with E-state index < -0.39 is 36.2 Å². The van der Waals surface area contributed by atoms with Gasteiger partial charge in [0, 0.05) is 18.0 Å². The van der Waals surface area contributed by atoms with Crippen LogP contribution in [-0.4, -0.2) is 49.0 Å². The summed E-state index contributed by atoms with van der Waals surface area (Å²) in [4.78, 5) is 24.0. The van der Waals surface area contributed by atoms with Crippen LogP contribution in [0.5, 0.6) is 0 Å². The van der Waals surface area contributed by atoms with E-state index in [2.05, 4.69) is 0 Å². The lowest BCUT2D eigenvalue weighted by atomic mass is 9.88. The molecule has 0 saturated heterocycles. The van der Waals surface area contributed by atoms with Gasteiger partial charge in [0.05, 0.1) is 24.9 Å². The normalized spacial score (nSPS) is 20.8. The number of alkyl halides is 3. The Morgan fingerprint density at radius 3 is 2.38 bits per heavy atom.